The molecule has 0 aliphatic rings. The minimum Gasteiger partial charge on any atom is -0.413 e. The molecule has 0 aliphatic carbocycles. The molecule has 0 saturated carbocycles. The van der Waals surface area contributed by atoms with Gasteiger partial charge in [-0.3, -0.25) is 0 Å². The molecule has 0 amide bonds. The summed E-state index contributed by atoms with van der Waals surface area (Å²) in [6.07, 6.45) is 12.9. The van der Waals surface area contributed by atoms with Crippen LogP contribution in [0.25, 0.3) is 0 Å². The van der Waals surface area contributed by atoms with Gasteiger partial charge in [0.15, 0.2) is 8.32 Å². The maximum absolute atomic E-state index is 6.66. The summed E-state index contributed by atoms with van der Waals surface area (Å²) in [4.78, 5) is 0. The quantitative estimate of drug-likeness (QED) is 0.101. The zero-order valence-electron chi connectivity index (χ0n) is 15.9. The molecule has 0 saturated heterocycles. The molecular formula is C19H39IOSi. The zero-order chi connectivity index (χ0) is 17.2. The molecular weight excluding hydrogens is 399 g/mol. The van der Waals surface area contributed by atoms with Gasteiger partial charge < -0.3 is 4.43 Å². The molecule has 0 bridgehead atoms. The third-order valence-corrected chi connectivity index (χ3v) is 10.8. The highest BCUT2D eigenvalue weighted by Crippen LogP contribution is 2.39. The molecule has 2 atom stereocenters. The summed E-state index contributed by atoms with van der Waals surface area (Å²) in [7, 11) is -1.69. The molecule has 0 unspecified atom stereocenters. The van der Waals surface area contributed by atoms with E-state index < -0.39 is 8.32 Å². The van der Waals surface area contributed by atoms with E-state index in [9.17, 15) is 0 Å². The van der Waals surface area contributed by atoms with Crippen molar-refractivity contribution >= 4 is 30.9 Å². The molecule has 0 heterocycles. The summed E-state index contributed by atoms with van der Waals surface area (Å²) >= 11 is 2.61. The van der Waals surface area contributed by atoms with Crippen LogP contribution in [0.15, 0.2) is 12.7 Å². The summed E-state index contributed by atoms with van der Waals surface area (Å²) in [6.45, 7) is 17.9. The maximum atomic E-state index is 6.66. The molecule has 1 nitrogen and oxygen atoms in total. The average molecular weight is 439 g/mol. The van der Waals surface area contributed by atoms with Gasteiger partial charge in [-0.1, -0.05) is 94.9 Å². The molecule has 0 radical (unpaired) electrons. The van der Waals surface area contributed by atoms with Crippen molar-refractivity contribution in [2.24, 2.45) is 0 Å². The van der Waals surface area contributed by atoms with Crippen LogP contribution in [0, 0.1) is 0 Å². The highest BCUT2D eigenvalue weighted by molar-refractivity contribution is 14.1. The van der Waals surface area contributed by atoms with Gasteiger partial charge in [-0.05, 0) is 31.0 Å². The Morgan fingerprint density at radius 3 is 2.14 bits per heavy atom. The van der Waals surface area contributed by atoms with Crippen LogP contribution in [-0.2, 0) is 4.43 Å². The Bertz CT molecular complexity index is 296. The van der Waals surface area contributed by atoms with Crippen molar-refractivity contribution in [1.82, 2.24) is 0 Å². The van der Waals surface area contributed by atoms with Crippen molar-refractivity contribution in [1.29, 1.82) is 0 Å². The number of hydrogen-bond acceptors (Lipinski definition) is 1. The van der Waals surface area contributed by atoms with E-state index in [1.807, 2.05) is 6.08 Å². The van der Waals surface area contributed by atoms with Gasteiger partial charge in [0.2, 0.25) is 0 Å². The van der Waals surface area contributed by atoms with Crippen LogP contribution in [0.4, 0.5) is 0 Å². The zero-order valence-corrected chi connectivity index (χ0v) is 19.0. The van der Waals surface area contributed by atoms with Crippen molar-refractivity contribution < 1.29 is 4.43 Å². The Labute approximate surface area is 154 Å². The third kappa shape index (κ3) is 9.07. The molecule has 22 heavy (non-hydrogen) atoms. The molecule has 0 spiro atoms. The lowest BCUT2D eigenvalue weighted by atomic mass is 10.0. The number of rotatable bonds is 12. The smallest absolute Gasteiger partial charge is 0.192 e. The second kappa shape index (κ2) is 11.2. The average Bonchev–Trinajstić information content (AvgIpc) is 2.40. The van der Waals surface area contributed by atoms with Crippen LogP contribution in [0.1, 0.15) is 79.1 Å². The largest absolute Gasteiger partial charge is 0.413 e. The van der Waals surface area contributed by atoms with Crippen molar-refractivity contribution in [2.75, 3.05) is 0 Å². The second-order valence-electron chi connectivity index (χ2n) is 8.01. The molecule has 0 aliphatic heterocycles. The number of halogens is 1. The highest BCUT2D eigenvalue weighted by Gasteiger charge is 2.40. The predicted molar refractivity (Wildman–Crippen MR) is 113 cm³/mol. The summed E-state index contributed by atoms with van der Waals surface area (Å²) in [5.41, 5.74) is 0. The SMILES string of the molecule is C=CC[C@H](O[Si](C)(C)C(C)(C)C)[C@H](I)CCCCCCCC. The topological polar surface area (TPSA) is 9.23 Å². The third-order valence-electron chi connectivity index (χ3n) is 4.89. The normalized spacial score (nSPS) is 15.6. The maximum Gasteiger partial charge on any atom is 0.192 e. The fourth-order valence-electron chi connectivity index (χ4n) is 2.29. The van der Waals surface area contributed by atoms with Gasteiger partial charge in [-0.2, -0.15) is 0 Å². The highest BCUT2D eigenvalue weighted by atomic mass is 127. The molecule has 0 aromatic heterocycles. The van der Waals surface area contributed by atoms with Crippen molar-refractivity contribution in [3.05, 3.63) is 12.7 Å². The molecule has 0 N–H and O–H groups in total. The molecule has 0 fully saturated rings. The van der Waals surface area contributed by atoms with Gasteiger partial charge >= 0.3 is 0 Å². The van der Waals surface area contributed by atoms with Gasteiger partial charge in [-0.15, -0.1) is 6.58 Å². The first-order chi connectivity index (χ1) is 10.2. The van der Waals surface area contributed by atoms with Crippen LogP contribution in [0.3, 0.4) is 0 Å². The minimum atomic E-state index is -1.69. The van der Waals surface area contributed by atoms with Gasteiger partial charge in [0.25, 0.3) is 0 Å². The van der Waals surface area contributed by atoms with Crippen LogP contribution >= 0.6 is 22.6 Å². The van der Waals surface area contributed by atoms with E-state index in [1.54, 1.807) is 0 Å². The Hall–Kier alpha value is 0.647. The van der Waals surface area contributed by atoms with E-state index in [4.69, 9.17) is 4.43 Å². The van der Waals surface area contributed by atoms with Crippen LogP contribution in [-0.4, -0.2) is 18.3 Å². The Balaban J connectivity index is 4.34. The Morgan fingerprint density at radius 1 is 1.09 bits per heavy atom. The first-order valence-electron chi connectivity index (χ1n) is 9.08. The predicted octanol–water partition coefficient (Wildman–Crippen LogP) is 7.51. The van der Waals surface area contributed by atoms with Gasteiger partial charge in [-0.25, -0.2) is 0 Å². The summed E-state index contributed by atoms with van der Waals surface area (Å²) in [5, 5.41) is 0.281. The summed E-state index contributed by atoms with van der Waals surface area (Å²) in [6, 6.07) is 0. The lowest BCUT2D eigenvalue weighted by Crippen LogP contribution is -2.46. The second-order valence-corrected chi connectivity index (χ2v) is 14.4. The van der Waals surface area contributed by atoms with E-state index in [-0.39, 0.29) is 5.04 Å². The number of hydrogen-bond donors (Lipinski definition) is 0. The lowest BCUT2D eigenvalue weighted by Gasteiger charge is -2.40. The van der Waals surface area contributed by atoms with E-state index >= 15 is 0 Å². The standard InChI is InChI=1S/C19H39IOSi/c1-8-10-11-12-13-14-16-17(20)18(15-9-2)21-22(6,7)19(3,4)5/h9,17-18H,2,8,10-16H2,1,3-7H3/t17-,18+/m1/s1. The Morgan fingerprint density at radius 2 is 1.64 bits per heavy atom. The molecule has 0 aromatic carbocycles. The van der Waals surface area contributed by atoms with E-state index in [1.165, 1.54) is 44.9 Å². The monoisotopic (exact) mass is 438 g/mol. The lowest BCUT2D eigenvalue weighted by molar-refractivity contribution is 0.180. The van der Waals surface area contributed by atoms with Gasteiger partial charge in [0.05, 0.1) is 6.10 Å². The number of alkyl halides is 1. The fourth-order valence-corrected chi connectivity index (χ4v) is 4.82. The van der Waals surface area contributed by atoms with Crippen LogP contribution in [0.5, 0.6) is 0 Å². The minimum absolute atomic E-state index is 0.281. The van der Waals surface area contributed by atoms with Crippen LogP contribution < -0.4 is 0 Å². The van der Waals surface area contributed by atoms with Crippen molar-refractivity contribution in [2.45, 2.75) is 107 Å². The summed E-state index contributed by atoms with van der Waals surface area (Å²) < 4.78 is 7.27. The van der Waals surface area contributed by atoms with Gasteiger partial charge in [0, 0.05) is 3.92 Å². The summed E-state index contributed by atoms with van der Waals surface area (Å²) in [5.74, 6) is 0. The van der Waals surface area contributed by atoms with Crippen molar-refractivity contribution in [3.8, 4) is 0 Å². The first kappa shape index (κ1) is 22.6. The molecule has 0 aromatic rings. The van der Waals surface area contributed by atoms with E-state index in [0.717, 1.165) is 6.42 Å². The van der Waals surface area contributed by atoms with E-state index in [2.05, 4.69) is 70.0 Å². The van der Waals surface area contributed by atoms with Gasteiger partial charge in [0.1, 0.15) is 0 Å². The van der Waals surface area contributed by atoms with E-state index in [0.29, 0.717) is 10.0 Å². The molecule has 0 rings (SSSR count). The fraction of sp³-hybridized carbons (Fsp3) is 0.895. The van der Waals surface area contributed by atoms with Crippen LogP contribution in [0.2, 0.25) is 18.1 Å². The molecule has 3 heteroatoms. The molecule has 132 valence electrons. The van der Waals surface area contributed by atoms with Crippen molar-refractivity contribution in [3.63, 3.8) is 0 Å². The number of unbranched alkanes of at least 4 members (excludes halogenated alkanes) is 5. The first-order valence-corrected chi connectivity index (χ1v) is 13.2. The Kier molecular flexibility index (Phi) is 11.6.